The molecule has 0 saturated carbocycles. The Bertz CT molecular complexity index is 2630. The fourth-order valence-electron chi connectivity index (χ4n) is 9.25. The molecule has 7 aromatic rings. The molecule has 2 saturated heterocycles. The number of rotatable bonds is 28. The SMILES string of the molecule is C=CCO[C@H]1O[C@H](CO[C@H]2O[C@H](COCc3ccccc3)[C@@H](OCc3ccccc3)[C@H](OCc3ccccc3)[C@@H]2OCc2ccccc2)[C@@H](OCc2ccccc2)[C@H](OCc2ccccc2)[C@H]1OCc1ccccc1. The Morgan fingerprint density at radius 2 is 0.560 bits per heavy atom. The van der Waals surface area contributed by atoms with Gasteiger partial charge in [0, 0.05) is 0 Å². The molecule has 0 amide bonds. The molecule has 75 heavy (non-hydrogen) atoms. The Balaban J connectivity index is 1.06. The molecule has 390 valence electrons. The van der Waals surface area contributed by atoms with Crippen molar-refractivity contribution >= 4 is 0 Å². The van der Waals surface area contributed by atoms with Gasteiger partial charge in [0.1, 0.15) is 48.8 Å². The molecule has 11 heteroatoms. The molecule has 11 nitrogen and oxygen atoms in total. The van der Waals surface area contributed by atoms with Crippen molar-refractivity contribution in [3.05, 3.63) is 264 Å². The van der Waals surface area contributed by atoms with Crippen molar-refractivity contribution in [3.63, 3.8) is 0 Å². The average molecular weight is 1010 g/mol. The summed E-state index contributed by atoms with van der Waals surface area (Å²) < 4.78 is 75.9. The van der Waals surface area contributed by atoms with Gasteiger partial charge < -0.3 is 52.1 Å². The van der Waals surface area contributed by atoms with E-state index < -0.39 is 61.4 Å². The maximum atomic E-state index is 7.12. The first kappa shape index (κ1) is 53.7. The van der Waals surface area contributed by atoms with Crippen LogP contribution in [-0.2, 0) is 98.4 Å². The molecule has 10 atom stereocenters. The predicted octanol–water partition coefficient (Wildman–Crippen LogP) is 11.4. The number of hydrogen-bond acceptors (Lipinski definition) is 11. The van der Waals surface area contributed by atoms with Gasteiger partial charge in [0.15, 0.2) is 12.6 Å². The van der Waals surface area contributed by atoms with Crippen molar-refractivity contribution in [2.45, 2.75) is 108 Å². The zero-order valence-corrected chi connectivity index (χ0v) is 42.3. The summed E-state index contributed by atoms with van der Waals surface area (Å²) in [5.41, 5.74) is 6.96. The van der Waals surface area contributed by atoms with Crippen molar-refractivity contribution in [1.82, 2.24) is 0 Å². The molecule has 2 aliphatic heterocycles. The van der Waals surface area contributed by atoms with Crippen LogP contribution in [0.3, 0.4) is 0 Å². The summed E-state index contributed by atoms with van der Waals surface area (Å²) in [6.07, 6.45) is -6.03. The molecule has 9 rings (SSSR count). The van der Waals surface area contributed by atoms with E-state index in [0.29, 0.717) is 13.2 Å². The van der Waals surface area contributed by atoms with Crippen LogP contribution in [0.5, 0.6) is 0 Å². The van der Waals surface area contributed by atoms with Crippen LogP contribution >= 0.6 is 0 Å². The summed E-state index contributed by atoms with van der Waals surface area (Å²) in [6.45, 7) is 6.30. The van der Waals surface area contributed by atoms with E-state index in [1.807, 2.05) is 212 Å². The lowest BCUT2D eigenvalue weighted by Gasteiger charge is -2.48. The highest BCUT2D eigenvalue weighted by molar-refractivity contribution is 5.19. The van der Waals surface area contributed by atoms with E-state index in [0.717, 1.165) is 38.9 Å². The molecule has 0 unspecified atom stereocenters. The minimum absolute atomic E-state index is 0.0294. The van der Waals surface area contributed by atoms with Gasteiger partial charge in [-0.05, 0) is 38.9 Å². The first-order valence-electron chi connectivity index (χ1n) is 25.9. The fraction of sp³-hybridized carbons (Fsp3) is 0.312. The minimum Gasteiger partial charge on any atom is -0.374 e. The number of ether oxygens (including phenoxy) is 11. The Morgan fingerprint density at radius 1 is 0.293 bits per heavy atom. The van der Waals surface area contributed by atoms with E-state index >= 15 is 0 Å². The normalized spacial score (nSPS) is 23.6. The zero-order valence-electron chi connectivity index (χ0n) is 42.3. The van der Waals surface area contributed by atoms with Crippen molar-refractivity contribution in [1.29, 1.82) is 0 Å². The maximum absolute atomic E-state index is 7.12. The first-order chi connectivity index (χ1) is 37.2. The van der Waals surface area contributed by atoms with Gasteiger partial charge in [0.2, 0.25) is 0 Å². The van der Waals surface area contributed by atoms with Crippen LogP contribution in [0.15, 0.2) is 225 Å². The second-order valence-corrected chi connectivity index (χ2v) is 18.6. The molecular formula is C64H68O11. The molecule has 7 aromatic carbocycles. The Morgan fingerprint density at radius 3 is 0.880 bits per heavy atom. The second-order valence-electron chi connectivity index (χ2n) is 18.6. The predicted molar refractivity (Wildman–Crippen MR) is 286 cm³/mol. The van der Waals surface area contributed by atoms with Gasteiger partial charge in [-0.15, -0.1) is 6.58 Å². The Labute approximate surface area is 441 Å². The van der Waals surface area contributed by atoms with Crippen LogP contribution in [0, 0.1) is 0 Å². The molecule has 0 spiro atoms. The van der Waals surface area contributed by atoms with Crippen molar-refractivity contribution < 1.29 is 52.1 Å². The van der Waals surface area contributed by atoms with Gasteiger partial charge in [0.25, 0.3) is 0 Å². The summed E-state index contributed by atoms with van der Waals surface area (Å²) in [5, 5.41) is 0. The van der Waals surface area contributed by atoms with Gasteiger partial charge in [-0.25, -0.2) is 0 Å². The highest BCUT2D eigenvalue weighted by Crippen LogP contribution is 2.35. The van der Waals surface area contributed by atoms with E-state index in [-0.39, 0.29) is 52.9 Å². The van der Waals surface area contributed by atoms with Crippen molar-refractivity contribution in [2.75, 3.05) is 19.8 Å². The van der Waals surface area contributed by atoms with Gasteiger partial charge in [0.05, 0.1) is 66.1 Å². The van der Waals surface area contributed by atoms with Crippen LogP contribution in [0.1, 0.15) is 38.9 Å². The Hall–Kier alpha value is -6.16. The van der Waals surface area contributed by atoms with Gasteiger partial charge in [-0.3, -0.25) is 0 Å². The average Bonchev–Trinajstić information content (AvgIpc) is 3.47. The van der Waals surface area contributed by atoms with E-state index in [1.165, 1.54) is 0 Å². The molecular weight excluding hydrogens is 945 g/mol. The van der Waals surface area contributed by atoms with Gasteiger partial charge >= 0.3 is 0 Å². The first-order valence-corrected chi connectivity index (χ1v) is 25.9. The summed E-state index contributed by atoms with van der Waals surface area (Å²) in [4.78, 5) is 0. The molecule has 2 aliphatic rings. The summed E-state index contributed by atoms with van der Waals surface area (Å²) in [7, 11) is 0. The monoisotopic (exact) mass is 1010 g/mol. The summed E-state index contributed by atoms with van der Waals surface area (Å²) in [5.74, 6) is 0. The van der Waals surface area contributed by atoms with Crippen molar-refractivity contribution in [2.24, 2.45) is 0 Å². The van der Waals surface area contributed by atoms with E-state index in [4.69, 9.17) is 52.1 Å². The summed E-state index contributed by atoms with van der Waals surface area (Å²) >= 11 is 0. The van der Waals surface area contributed by atoms with Crippen LogP contribution in [0.25, 0.3) is 0 Å². The lowest BCUT2D eigenvalue weighted by molar-refractivity contribution is -0.352. The molecule has 0 N–H and O–H groups in total. The lowest BCUT2D eigenvalue weighted by Crippen LogP contribution is -2.64. The van der Waals surface area contributed by atoms with Crippen LogP contribution < -0.4 is 0 Å². The third-order valence-corrected chi connectivity index (χ3v) is 13.1. The second kappa shape index (κ2) is 29.2. The molecule has 2 fully saturated rings. The topological polar surface area (TPSA) is 102 Å². The largest absolute Gasteiger partial charge is 0.374 e. The molecule has 2 heterocycles. The molecule has 0 aromatic heterocycles. The standard InChI is InChI=1S/C64H68O11/c1-2-38-66-63-61(71-44-53-34-20-8-21-35-53)60(70-43-52-32-18-7-19-33-52)58(68-41-50-28-14-5-15-29-50)56(75-63)47-73-64-62(72-45-54-36-22-9-23-37-54)59(69-42-51-30-16-6-17-31-51)57(67-40-49-26-12-4-13-27-49)55(74-64)46-65-39-48-24-10-3-11-25-48/h2-37,55-64H,1,38-47H2/t55-,56-,57-,58-,59+,60+,61-,62+,63+,64+/m1/s1. The molecule has 0 bridgehead atoms. The van der Waals surface area contributed by atoms with Gasteiger partial charge in [-0.2, -0.15) is 0 Å². The summed E-state index contributed by atoms with van der Waals surface area (Å²) in [6, 6.07) is 70.4. The number of benzene rings is 7. The highest BCUT2D eigenvalue weighted by atomic mass is 16.8. The third-order valence-electron chi connectivity index (χ3n) is 13.1. The van der Waals surface area contributed by atoms with Crippen LogP contribution in [-0.4, -0.2) is 81.2 Å². The maximum Gasteiger partial charge on any atom is 0.187 e. The van der Waals surface area contributed by atoms with E-state index in [1.54, 1.807) is 6.08 Å². The quantitative estimate of drug-likeness (QED) is 0.0438. The van der Waals surface area contributed by atoms with Gasteiger partial charge in [-0.1, -0.05) is 218 Å². The zero-order chi connectivity index (χ0) is 51.1. The third kappa shape index (κ3) is 16.2. The van der Waals surface area contributed by atoms with Crippen LogP contribution in [0.2, 0.25) is 0 Å². The lowest BCUT2D eigenvalue weighted by atomic mass is 9.96. The van der Waals surface area contributed by atoms with E-state index in [2.05, 4.69) is 6.58 Å². The van der Waals surface area contributed by atoms with Crippen LogP contribution in [0.4, 0.5) is 0 Å². The fourth-order valence-corrected chi connectivity index (χ4v) is 9.25. The minimum atomic E-state index is -1.02. The smallest absolute Gasteiger partial charge is 0.187 e. The molecule has 0 aliphatic carbocycles. The molecule has 0 radical (unpaired) electrons. The van der Waals surface area contributed by atoms with Crippen molar-refractivity contribution in [3.8, 4) is 0 Å². The Kier molecular flexibility index (Phi) is 20.9. The highest BCUT2D eigenvalue weighted by Gasteiger charge is 2.52. The van der Waals surface area contributed by atoms with E-state index in [9.17, 15) is 0 Å². The number of hydrogen-bond donors (Lipinski definition) is 0.